The van der Waals surface area contributed by atoms with Gasteiger partial charge in [-0.05, 0) is 69.3 Å². The third-order valence-corrected chi connectivity index (χ3v) is 8.61. The Morgan fingerprint density at radius 2 is 1.16 bits per heavy atom. The molecule has 0 spiro atoms. The molecule has 0 unspecified atom stereocenters. The van der Waals surface area contributed by atoms with E-state index in [1.54, 1.807) is 0 Å². The maximum Gasteiger partial charge on any atom is 0.149 e. The summed E-state index contributed by atoms with van der Waals surface area (Å²) in [5.74, 6) is 0.859. The molecule has 0 saturated carbocycles. The van der Waals surface area contributed by atoms with Crippen molar-refractivity contribution in [1.29, 1.82) is 0 Å². The van der Waals surface area contributed by atoms with E-state index in [-0.39, 0.29) is 5.41 Å². The van der Waals surface area contributed by atoms with E-state index in [0.29, 0.717) is 0 Å². The zero-order valence-electron chi connectivity index (χ0n) is 25.1. The molecule has 0 aliphatic heterocycles. The number of para-hydroxylation sites is 2. The van der Waals surface area contributed by atoms with E-state index in [4.69, 9.17) is 9.40 Å². The highest BCUT2D eigenvalue weighted by molar-refractivity contribution is 6.04. The summed E-state index contributed by atoms with van der Waals surface area (Å²) in [6.45, 7) is 6.85. The SMILES string of the molecule is CC(C)(C)c1cc(-c2ccccc2)c(-n2c(-c3coc4cc5ccccc5cc34)nc3ccccc32)c(-c2ccccc2)c1. The molecule has 0 bridgehead atoms. The van der Waals surface area contributed by atoms with Crippen molar-refractivity contribution in [3.05, 3.63) is 145 Å². The van der Waals surface area contributed by atoms with Gasteiger partial charge >= 0.3 is 0 Å². The normalized spacial score (nSPS) is 12.0. The van der Waals surface area contributed by atoms with Crippen LogP contribution in [0.25, 0.3) is 72.1 Å². The maximum atomic E-state index is 6.24. The van der Waals surface area contributed by atoms with Crippen LogP contribution in [0.4, 0.5) is 0 Å². The van der Waals surface area contributed by atoms with Gasteiger partial charge in [-0.15, -0.1) is 0 Å². The number of benzene rings is 6. The molecular weight excluding hydrogens is 536 g/mol. The molecule has 8 aromatic rings. The molecule has 3 heteroatoms. The van der Waals surface area contributed by atoms with Crippen LogP contribution in [0, 0.1) is 0 Å². The summed E-state index contributed by atoms with van der Waals surface area (Å²) in [6, 6.07) is 47.4. The monoisotopic (exact) mass is 568 g/mol. The van der Waals surface area contributed by atoms with E-state index in [1.807, 2.05) is 6.26 Å². The van der Waals surface area contributed by atoms with Crippen molar-refractivity contribution in [3.8, 4) is 39.3 Å². The van der Waals surface area contributed by atoms with Crippen LogP contribution in [0.1, 0.15) is 26.3 Å². The van der Waals surface area contributed by atoms with Crippen LogP contribution in [0.3, 0.4) is 0 Å². The summed E-state index contributed by atoms with van der Waals surface area (Å²) in [5, 5.41) is 3.38. The second-order valence-corrected chi connectivity index (χ2v) is 12.5. The highest BCUT2D eigenvalue weighted by Crippen LogP contribution is 2.44. The zero-order valence-corrected chi connectivity index (χ0v) is 25.1. The third kappa shape index (κ3) is 4.32. The lowest BCUT2D eigenvalue weighted by Gasteiger charge is -2.26. The minimum absolute atomic E-state index is 0.0484. The fourth-order valence-electron chi connectivity index (χ4n) is 6.30. The summed E-state index contributed by atoms with van der Waals surface area (Å²) in [6.07, 6.45) is 1.87. The summed E-state index contributed by atoms with van der Waals surface area (Å²) in [7, 11) is 0. The largest absolute Gasteiger partial charge is 0.464 e. The number of hydrogen-bond donors (Lipinski definition) is 0. The third-order valence-electron chi connectivity index (χ3n) is 8.61. The molecule has 44 heavy (non-hydrogen) atoms. The zero-order chi connectivity index (χ0) is 29.8. The van der Waals surface area contributed by atoms with Crippen molar-refractivity contribution < 1.29 is 4.42 Å². The van der Waals surface area contributed by atoms with E-state index in [2.05, 4.69) is 159 Å². The molecule has 0 fully saturated rings. The molecule has 0 N–H and O–H groups in total. The van der Waals surface area contributed by atoms with Gasteiger partial charge < -0.3 is 4.42 Å². The standard InChI is InChI=1S/C41H32N2O/c1-41(2,3)31-24-32(27-14-6-4-7-15-27)39(33(25-31)28-16-8-5-9-17-28)43-37-21-13-12-20-36(37)42-40(43)35-26-44-38-23-30-19-11-10-18-29(30)22-34(35)38/h4-26H,1-3H3. The van der Waals surface area contributed by atoms with Crippen LogP contribution in [0.15, 0.2) is 144 Å². The average Bonchev–Trinajstić information content (AvgIpc) is 3.64. The van der Waals surface area contributed by atoms with Crippen molar-refractivity contribution in [2.45, 2.75) is 26.2 Å². The highest BCUT2D eigenvalue weighted by atomic mass is 16.3. The lowest BCUT2D eigenvalue weighted by molar-refractivity contribution is 0.590. The van der Waals surface area contributed by atoms with Crippen LogP contribution in [-0.2, 0) is 5.41 Å². The summed E-state index contributed by atoms with van der Waals surface area (Å²) in [4.78, 5) is 5.31. The van der Waals surface area contributed by atoms with Gasteiger partial charge in [-0.2, -0.15) is 0 Å². The molecule has 0 aliphatic rings. The van der Waals surface area contributed by atoms with Gasteiger partial charge in [-0.3, -0.25) is 4.57 Å². The molecule has 2 heterocycles. The topological polar surface area (TPSA) is 31.0 Å². The number of rotatable bonds is 4. The Hall–Kier alpha value is -5.41. The molecule has 212 valence electrons. The number of aromatic nitrogens is 2. The molecule has 0 saturated heterocycles. The minimum atomic E-state index is -0.0484. The number of hydrogen-bond acceptors (Lipinski definition) is 2. The second-order valence-electron chi connectivity index (χ2n) is 12.5. The number of nitrogens with zero attached hydrogens (tertiary/aromatic N) is 2. The second kappa shape index (κ2) is 10.1. The first-order chi connectivity index (χ1) is 21.5. The van der Waals surface area contributed by atoms with Crippen molar-refractivity contribution >= 4 is 32.8 Å². The van der Waals surface area contributed by atoms with E-state index in [9.17, 15) is 0 Å². The summed E-state index contributed by atoms with van der Waals surface area (Å²) >= 11 is 0. The van der Waals surface area contributed by atoms with Gasteiger partial charge in [-0.25, -0.2) is 4.98 Å². The van der Waals surface area contributed by atoms with E-state index in [0.717, 1.165) is 55.6 Å². The van der Waals surface area contributed by atoms with Crippen molar-refractivity contribution in [2.75, 3.05) is 0 Å². The van der Waals surface area contributed by atoms with Gasteiger partial charge in [0.2, 0.25) is 0 Å². The van der Waals surface area contributed by atoms with Crippen LogP contribution >= 0.6 is 0 Å². The van der Waals surface area contributed by atoms with Crippen molar-refractivity contribution in [1.82, 2.24) is 9.55 Å². The smallest absolute Gasteiger partial charge is 0.149 e. The molecule has 0 atom stereocenters. The van der Waals surface area contributed by atoms with Crippen LogP contribution in [-0.4, -0.2) is 9.55 Å². The Labute approximate surface area is 257 Å². The lowest BCUT2D eigenvalue weighted by atomic mass is 9.82. The lowest BCUT2D eigenvalue weighted by Crippen LogP contribution is -2.13. The number of imidazole rings is 1. The molecule has 0 amide bonds. The van der Waals surface area contributed by atoms with Crippen LogP contribution < -0.4 is 0 Å². The molecule has 0 aliphatic carbocycles. The van der Waals surface area contributed by atoms with Gasteiger partial charge in [0.05, 0.1) is 22.3 Å². The number of fused-ring (bicyclic) bond motifs is 3. The number of furan rings is 1. The molecule has 0 radical (unpaired) electrons. The first kappa shape index (κ1) is 26.2. The van der Waals surface area contributed by atoms with Crippen molar-refractivity contribution in [2.24, 2.45) is 0 Å². The summed E-state index contributed by atoms with van der Waals surface area (Å²) in [5.41, 5.74) is 10.8. The van der Waals surface area contributed by atoms with E-state index >= 15 is 0 Å². The Morgan fingerprint density at radius 1 is 0.591 bits per heavy atom. The molecule has 6 aromatic carbocycles. The van der Waals surface area contributed by atoms with Gasteiger partial charge in [0, 0.05) is 16.5 Å². The molecular formula is C41H32N2O. The van der Waals surface area contributed by atoms with Crippen LogP contribution in [0.5, 0.6) is 0 Å². The highest BCUT2D eigenvalue weighted by Gasteiger charge is 2.26. The fraction of sp³-hybridized carbons (Fsp3) is 0.0976. The molecule has 2 aromatic heterocycles. The Kier molecular flexibility index (Phi) is 6.02. The fourth-order valence-corrected chi connectivity index (χ4v) is 6.30. The van der Waals surface area contributed by atoms with Crippen LogP contribution in [0.2, 0.25) is 0 Å². The van der Waals surface area contributed by atoms with E-state index in [1.165, 1.54) is 22.1 Å². The first-order valence-electron chi connectivity index (χ1n) is 15.1. The van der Waals surface area contributed by atoms with Gasteiger partial charge in [0.25, 0.3) is 0 Å². The molecule has 3 nitrogen and oxygen atoms in total. The maximum absolute atomic E-state index is 6.24. The van der Waals surface area contributed by atoms with Gasteiger partial charge in [-0.1, -0.05) is 118 Å². The van der Waals surface area contributed by atoms with Gasteiger partial charge in [0.15, 0.2) is 0 Å². The Bertz CT molecular complexity index is 2240. The minimum Gasteiger partial charge on any atom is -0.464 e. The van der Waals surface area contributed by atoms with E-state index < -0.39 is 0 Å². The molecule has 8 rings (SSSR count). The first-order valence-corrected chi connectivity index (χ1v) is 15.1. The predicted molar refractivity (Wildman–Crippen MR) is 183 cm³/mol. The Balaban J connectivity index is 1.53. The predicted octanol–water partition coefficient (Wildman–Crippen LogP) is 11.2. The Morgan fingerprint density at radius 3 is 1.80 bits per heavy atom. The summed E-state index contributed by atoms with van der Waals surface area (Å²) < 4.78 is 8.59. The average molecular weight is 569 g/mol. The quantitative estimate of drug-likeness (QED) is 0.211. The van der Waals surface area contributed by atoms with Crippen molar-refractivity contribution in [3.63, 3.8) is 0 Å². The van der Waals surface area contributed by atoms with Gasteiger partial charge in [0.1, 0.15) is 17.7 Å².